The standard InChI is InChI=1S/C37H65NO7/c1-6-8-10-12-14-16-17-18-19-20-22-24-26-28-36(40)45-33(31-43-30-29-34(37(41)42)38(3,4)5)32-44-35(39)27-25-23-21-15-13-11-9-7-2/h8,10,12,14,16-17,33-34H,6-7,9,11,13,15,18-32H2,1-5H3/b10-8+,14-12+,17-16+. The fraction of sp³-hybridized carbons (Fsp3) is 0.757. The molecule has 0 saturated carbocycles. The van der Waals surface area contributed by atoms with E-state index in [2.05, 4.69) is 38.2 Å². The van der Waals surface area contributed by atoms with Gasteiger partial charge in [0.25, 0.3) is 0 Å². The van der Waals surface area contributed by atoms with Gasteiger partial charge in [0.15, 0.2) is 6.10 Å². The molecule has 0 amide bonds. The van der Waals surface area contributed by atoms with E-state index in [0.717, 1.165) is 64.2 Å². The number of hydrogen-bond acceptors (Lipinski definition) is 7. The molecule has 0 N–H and O–H groups in total. The van der Waals surface area contributed by atoms with Crippen LogP contribution in [0.2, 0.25) is 0 Å². The van der Waals surface area contributed by atoms with E-state index >= 15 is 0 Å². The van der Waals surface area contributed by atoms with Crippen molar-refractivity contribution in [1.29, 1.82) is 0 Å². The number of likely N-dealkylation sites (N-methyl/N-ethyl adjacent to an activating group) is 1. The van der Waals surface area contributed by atoms with Crippen LogP contribution < -0.4 is 5.11 Å². The van der Waals surface area contributed by atoms with E-state index in [-0.39, 0.29) is 42.7 Å². The predicted molar refractivity (Wildman–Crippen MR) is 180 cm³/mol. The van der Waals surface area contributed by atoms with Crippen molar-refractivity contribution < 1.29 is 38.2 Å². The van der Waals surface area contributed by atoms with Gasteiger partial charge in [0.2, 0.25) is 0 Å². The average Bonchev–Trinajstić information content (AvgIpc) is 2.98. The molecule has 0 bridgehead atoms. The second-order valence-electron chi connectivity index (χ2n) is 12.8. The third-order valence-corrected chi connectivity index (χ3v) is 7.60. The number of ether oxygens (including phenoxy) is 3. The molecule has 0 spiro atoms. The van der Waals surface area contributed by atoms with Crippen LogP contribution >= 0.6 is 0 Å². The number of hydrogen-bond donors (Lipinski definition) is 0. The number of carboxylic acids is 1. The van der Waals surface area contributed by atoms with Crippen molar-refractivity contribution in [3.05, 3.63) is 36.5 Å². The van der Waals surface area contributed by atoms with Crippen LogP contribution in [0.25, 0.3) is 0 Å². The average molecular weight is 636 g/mol. The smallest absolute Gasteiger partial charge is 0.306 e. The summed E-state index contributed by atoms with van der Waals surface area (Å²) in [6, 6.07) is -0.726. The van der Waals surface area contributed by atoms with Crippen molar-refractivity contribution in [3.63, 3.8) is 0 Å². The summed E-state index contributed by atoms with van der Waals surface area (Å²) in [6.07, 6.45) is 28.9. The lowest BCUT2D eigenvalue weighted by Gasteiger charge is -2.34. The number of carbonyl (C=O) groups is 3. The second-order valence-corrected chi connectivity index (χ2v) is 12.8. The maximum absolute atomic E-state index is 12.6. The first-order valence-corrected chi connectivity index (χ1v) is 17.5. The van der Waals surface area contributed by atoms with Crippen LogP contribution in [0.15, 0.2) is 36.5 Å². The Kier molecular flexibility index (Phi) is 27.4. The molecule has 0 aromatic heterocycles. The Balaban J connectivity index is 4.50. The van der Waals surface area contributed by atoms with Crippen molar-refractivity contribution in [2.24, 2.45) is 0 Å². The molecule has 0 radical (unpaired) electrons. The van der Waals surface area contributed by atoms with Gasteiger partial charge in [-0.2, -0.15) is 0 Å². The SMILES string of the molecule is CC/C=C/C=C/C=C/CCCCCCCC(=O)OC(COCCC(C(=O)[O-])[N+](C)(C)C)COC(=O)CCCCCCCCCC. The Morgan fingerprint density at radius 3 is 1.82 bits per heavy atom. The number of aliphatic carboxylic acids is 1. The number of allylic oxidation sites excluding steroid dienone is 6. The van der Waals surface area contributed by atoms with Crippen LogP contribution in [0, 0.1) is 0 Å². The molecule has 0 aliphatic carbocycles. The van der Waals surface area contributed by atoms with Crippen molar-refractivity contribution in [1.82, 2.24) is 0 Å². The van der Waals surface area contributed by atoms with Gasteiger partial charge in [-0.15, -0.1) is 0 Å². The van der Waals surface area contributed by atoms with Crippen LogP contribution in [0.4, 0.5) is 0 Å². The van der Waals surface area contributed by atoms with E-state index in [4.69, 9.17) is 14.2 Å². The summed E-state index contributed by atoms with van der Waals surface area (Å²) in [5, 5.41) is 11.5. The second kappa shape index (κ2) is 29.0. The zero-order valence-corrected chi connectivity index (χ0v) is 29.3. The van der Waals surface area contributed by atoms with Gasteiger partial charge in [0.1, 0.15) is 12.6 Å². The molecule has 0 heterocycles. The maximum Gasteiger partial charge on any atom is 0.306 e. The Labute approximate surface area is 274 Å². The number of carboxylic acid groups (broad SMARTS) is 1. The highest BCUT2D eigenvalue weighted by Gasteiger charge is 2.25. The highest BCUT2D eigenvalue weighted by Crippen LogP contribution is 2.12. The molecule has 0 rings (SSSR count). The first kappa shape index (κ1) is 42.6. The van der Waals surface area contributed by atoms with Gasteiger partial charge in [0, 0.05) is 19.3 Å². The lowest BCUT2D eigenvalue weighted by atomic mass is 10.1. The summed E-state index contributed by atoms with van der Waals surface area (Å²) in [7, 11) is 5.38. The monoisotopic (exact) mass is 635 g/mol. The molecule has 8 nitrogen and oxygen atoms in total. The first-order chi connectivity index (χ1) is 21.6. The minimum Gasteiger partial charge on any atom is -0.544 e. The molecule has 0 aromatic rings. The lowest BCUT2D eigenvalue weighted by molar-refractivity contribution is -0.889. The van der Waals surface area contributed by atoms with E-state index in [0.29, 0.717) is 12.8 Å². The van der Waals surface area contributed by atoms with Gasteiger partial charge >= 0.3 is 11.9 Å². The number of unbranched alkanes of at least 4 members (excludes halogenated alkanes) is 12. The third kappa shape index (κ3) is 27.6. The van der Waals surface area contributed by atoms with Crippen molar-refractivity contribution in [2.45, 2.75) is 142 Å². The lowest BCUT2D eigenvalue weighted by Crippen LogP contribution is -2.55. The Bertz CT molecular complexity index is 844. The fourth-order valence-corrected chi connectivity index (χ4v) is 4.83. The van der Waals surface area contributed by atoms with Crippen LogP contribution in [-0.4, -0.2) is 75.5 Å². The van der Waals surface area contributed by atoms with Crippen LogP contribution in [-0.2, 0) is 28.6 Å². The molecular weight excluding hydrogens is 570 g/mol. The zero-order chi connectivity index (χ0) is 33.6. The van der Waals surface area contributed by atoms with Gasteiger partial charge in [-0.25, -0.2) is 0 Å². The first-order valence-electron chi connectivity index (χ1n) is 17.5. The van der Waals surface area contributed by atoms with Gasteiger partial charge < -0.3 is 28.6 Å². The third-order valence-electron chi connectivity index (χ3n) is 7.60. The summed E-state index contributed by atoms with van der Waals surface area (Å²) in [6.45, 7) is 4.44. The fourth-order valence-electron chi connectivity index (χ4n) is 4.83. The molecular formula is C37H65NO7. The summed E-state index contributed by atoms with van der Waals surface area (Å²) in [5.74, 6) is -1.77. The minimum absolute atomic E-state index is 0.0330. The van der Waals surface area contributed by atoms with Crippen LogP contribution in [0.1, 0.15) is 129 Å². The number of quaternary nitrogens is 1. The summed E-state index contributed by atoms with van der Waals surface area (Å²) in [5.41, 5.74) is 0. The highest BCUT2D eigenvalue weighted by atomic mass is 16.6. The normalized spacial score (nSPS) is 13.5. The van der Waals surface area contributed by atoms with Crippen molar-refractivity contribution in [2.75, 3.05) is 41.0 Å². The molecule has 0 aromatic carbocycles. The van der Waals surface area contributed by atoms with Crippen LogP contribution in [0.5, 0.6) is 0 Å². The maximum atomic E-state index is 12.6. The predicted octanol–water partition coefficient (Wildman–Crippen LogP) is 7.01. The van der Waals surface area contributed by atoms with Gasteiger partial charge in [-0.3, -0.25) is 9.59 Å². The molecule has 0 fully saturated rings. The van der Waals surface area contributed by atoms with Crippen molar-refractivity contribution >= 4 is 17.9 Å². The number of nitrogens with zero attached hydrogens (tertiary/aromatic N) is 1. The van der Waals surface area contributed by atoms with Gasteiger partial charge in [-0.05, 0) is 32.1 Å². The number of esters is 2. The topological polar surface area (TPSA) is 102 Å². The van der Waals surface area contributed by atoms with E-state index in [9.17, 15) is 19.5 Å². The van der Waals surface area contributed by atoms with E-state index in [1.165, 1.54) is 32.1 Å². The number of rotatable bonds is 30. The molecule has 0 aliphatic heterocycles. The summed E-state index contributed by atoms with van der Waals surface area (Å²) < 4.78 is 17.0. The summed E-state index contributed by atoms with van der Waals surface area (Å²) >= 11 is 0. The summed E-state index contributed by atoms with van der Waals surface area (Å²) in [4.78, 5) is 36.4. The van der Waals surface area contributed by atoms with E-state index in [1.807, 2.05) is 12.2 Å². The molecule has 2 atom stereocenters. The van der Waals surface area contributed by atoms with Gasteiger partial charge in [0.05, 0.1) is 40.3 Å². The quantitative estimate of drug-likeness (QED) is 0.0362. The molecule has 260 valence electrons. The van der Waals surface area contributed by atoms with Gasteiger partial charge in [-0.1, -0.05) is 115 Å². The molecule has 8 heteroatoms. The highest BCUT2D eigenvalue weighted by molar-refractivity contribution is 5.70. The van der Waals surface area contributed by atoms with E-state index in [1.54, 1.807) is 21.1 Å². The number of carbonyl (C=O) groups excluding carboxylic acids is 3. The molecule has 45 heavy (non-hydrogen) atoms. The zero-order valence-electron chi connectivity index (χ0n) is 29.3. The molecule has 2 unspecified atom stereocenters. The van der Waals surface area contributed by atoms with Crippen LogP contribution in [0.3, 0.4) is 0 Å². The van der Waals surface area contributed by atoms with E-state index < -0.39 is 18.1 Å². The molecule has 0 saturated heterocycles. The minimum atomic E-state index is -1.13. The Hall–Kier alpha value is -2.45. The Morgan fingerprint density at radius 2 is 1.24 bits per heavy atom. The largest absolute Gasteiger partial charge is 0.544 e. The molecule has 0 aliphatic rings. The Morgan fingerprint density at radius 1 is 0.689 bits per heavy atom. The van der Waals surface area contributed by atoms with Crippen molar-refractivity contribution in [3.8, 4) is 0 Å².